The molecular weight excluding hydrogens is 450 g/mol. The van der Waals surface area contributed by atoms with E-state index in [4.69, 9.17) is 4.74 Å². The molecule has 1 aliphatic heterocycles. The van der Waals surface area contributed by atoms with Crippen LogP contribution in [0.2, 0.25) is 0 Å². The molecule has 0 bridgehead atoms. The van der Waals surface area contributed by atoms with Crippen molar-refractivity contribution in [2.24, 2.45) is 11.8 Å². The van der Waals surface area contributed by atoms with Gasteiger partial charge in [-0.05, 0) is 44.9 Å². The Labute approximate surface area is 192 Å². The van der Waals surface area contributed by atoms with Gasteiger partial charge in [-0.1, -0.05) is 18.2 Å². The number of likely N-dealkylation sites (tertiary alicyclic amines) is 1. The van der Waals surface area contributed by atoms with Gasteiger partial charge in [0.15, 0.2) is 6.10 Å². The quantitative estimate of drug-likeness (QED) is 0.354. The number of imide groups is 1. The second kappa shape index (κ2) is 9.44. The molecule has 0 spiro atoms. The summed E-state index contributed by atoms with van der Waals surface area (Å²) in [6.45, 7) is 2.74. The number of rotatable bonds is 7. The molecule has 1 fully saturated rings. The van der Waals surface area contributed by atoms with E-state index in [9.17, 15) is 27.6 Å². The zero-order valence-electron chi connectivity index (χ0n) is 18.8. The number of amides is 3. The minimum atomic E-state index is -3.69. The average molecular weight is 478 g/mol. The van der Waals surface area contributed by atoms with E-state index in [1.807, 2.05) is 12.2 Å². The highest BCUT2D eigenvalue weighted by Gasteiger charge is 2.50. The Hall–Kier alpha value is -3.05. The van der Waals surface area contributed by atoms with Crippen molar-refractivity contribution in [3.8, 4) is 0 Å². The minimum Gasteiger partial charge on any atom is -0.451 e. The van der Waals surface area contributed by atoms with Crippen LogP contribution in [0.1, 0.15) is 26.7 Å². The Morgan fingerprint density at radius 3 is 2.21 bits per heavy atom. The third-order valence-corrected chi connectivity index (χ3v) is 7.62. The van der Waals surface area contributed by atoms with Crippen LogP contribution < -0.4 is 5.32 Å². The van der Waals surface area contributed by atoms with Gasteiger partial charge in [-0.2, -0.15) is 0 Å². The maximum Gasteiger partial charge on any atom is 0.329 e. The molecule has 0 radical (unpaired) electrons. The van der Waals surface area contributed by atoms with Gasteiger partial charge in [-0.3, -0.25) is 19.3 Å². The van der Waals surface area contributed by atoms with Gasteiger partial charge in [0, 0.05) is 19.8 Å². The van der Waals surface area contributed by atoms with Crippen LogP contribution in [0.3, 0.4) is 0 Å². The summed E-state index contributed by atoms with van der Waals surface area (Å²) >= 11 is 0. The zero-order valence-corrected chi connectivity index (χ0v) is 19.7. The van der Waals surface area contributed by atoms with Crippen LogP contribution in [0.15, 0.2) is 41.3 Å². The van der Waals surface area contributed by atoms with E-state index in [0.717, 1.165) is 9.21 Å². The molecule has 4 atom stereocenters. The van der Waals surface area contributed by atoms with Crippen molar-refractivity contribution in [1.29, 1.82) is 0 Å². The van der Waals surface area contributed by atoms with Crippen molar-refractivity contribution in [3.63, 3.8) is 0 Å². The second-order valence-electron chi connectivity index (χ2n) is 8.26. The largest absolute Gasteiger partial charge is 0.451 e. The standard InChI is InChI=1S/C22H27N3O7S/c1-13(25-20(27)17-10-5-6-11-18(17)21(25)28)22(29)32-14(2)19(26)23-15-8-7-9-16(12-15)33(30,31)24(3)4/h5-9,12-14,17-18H,10-11H2,1-4H3,(H,23,26)/t13-,14+,17-,18+/m1/s1. The lowest BCUT2D eigenvalue weighted by Crippen LogP contribution is -2.46. The van der Waals surface area contributed by atoms with E-state index in [-0.39, 0.29) is 10.6 Å². The molecule has 1 N–H and O–H groups in total. The molecular formula is C22H27N3O7S. The number of carbonyl (C=O) groups excluding carboxylic acids is 4. The lowest BCUT2D eigenvalue weighted by atomic mass is 9.85. The van der Waals surface area contributed by atoms with E-state index in [2.05, 4.69) is 5.32 Å². The Morgan fingerprint density at radius 2 is 1.67 bits per heavy atom. The number of carbonyl (C=O) groups is 4. The zero-order chi connectivity index (χ0) is 24.5. The first-order chi connectivity index (χ1) is 15.4. The summed E-state index contributed by atoms with van der Waals surface area (Å²) in [7, 11) is -0.905. The summed E-state index contributed by atoms with van der Waals surface area (Å²) in [5.41, 5.74) is 0.209. The first-order valence-corrected chi connectivity index (χ1v) is 11.9. The van der Waals surface area contributed by atoms with Gasteiger partial charge >= 0.3 is 5.97 Å². The highest BCUT2D eigenvalue weighted by atomic mass is 32.2. The highest BCUT2D eigenvalue weighted by Crippen LogP contribution is 2.36. The summed E-state index contributed by atoms with van der Waals surface area (Å²) in [6, 6.07) is 4.50. The molecule has 0 aromatic heterocycles. The number of hydrogen-bond donors (Lipinski definition) is 1. The average Bonchev–Trinajstić information content (AvgIpc) is 3.03. The number of ether oxygens (including phenoxy) is 1. The molecule has 1 aromatic carbocycles. The summed E-state index contributed by atoms with van der Waals surface area (Å²) in [5.74, 6) is -3.32. The Bertz CT molecular complexity index is 1090. The summed E-state index contributed by atoms with van der Waals surface area (Å²) in [4.78, 5) is 51.3. The number of anilines is 1. The predicted molar refractivity (Wildman–Crippen MR) is 118 cm³/mol. The molecule has 2 aliphatic rings. The van der Waals surface area contributed by atoms with Crippen molar-refractivity contribution in [2.45, 2.75) is 43.7 Å². The number of esters is 1. The van der Waals surface area contributed by atoms with Crippen LogP contribution in [-0.4, -0.2) is 67.6 Å². The van der Waals surface area contributed by atoms with Gasteiger partial charge in [-0.25, -0.2) is 17.5 Å². The molecule has 1 heterocycles. The smallest absolute Gasteiger partial charge is 0.329 e. The van der Waals surface area contributed by atoms with Crippen LogP contribution in [0.4, 0.5) is 5.69 Å². The Kier molecular flexibility index (Phi) is 7.03. The monoisotopic (exact) mass is 477 g/mol. The number of allylic oxidation sites excluding steroid dienone is 2. The molecule has 1 aromatic rings. The fourth-order valence-electron chi connectivity index (χ4n) is 3.83. The van der Waals surface area contributed by atoms with Crippen molar-refractivity contribution < 1.29 is 32.3 Å². The number of nitrogens with zero attached hydrogens (tertiary/aromatic N) is 2. The third kappa shape index (κ3) is 4.83. The van der Waals surface area contributed by atoms with Crippen molar-refractivity contribution in [2.75, 3.05) is 19.4 Å². The van der Waals surface area contributed by atoms with Crippen molar-refractivity contribution >= 4 is 39.4 Å². The molecule has 10 nitrogen and oxygen atoms in total. The number of benzene rings is 1. The van der Waals surface area contributed by atoms with Gasteiger partial charge in [0.25, 0.3) is 5.91 Å². The third-order valence-electron chi connectivity index (χ3n) is 5.81. The molecule has 0 unspecified atom stereocenters. The van der Waals surface area contributed by atoms with E-state index >= 15 is 0 Å². The van der Waals surface area contributed by atoms with Crippen LogP contribution in [0.25, 0.3) is 0 Å². The van der Waals surface area contributed by atoms with Crippen LogP contribution in [0, 0.1) is 11.8 Å². The first-order valence-electron chi connectivity index (χ1n) is 10.5. The normalized spacial score (nSPS) is 22.2. The summed E-state index contributed by atoms with van der Waals surface area (Å²) in [6.07, 6.45) is 3.36. The Morgan fingerprint density at radius 1 is 1.09 bits per heavy atom. The van der Waals surface area contributed by atoms with Gasteiger partial charge in [0.05, 0.1) is 16.7 Å². The molecule has 3 amide bonds. The summed E-state index contributed by atoms with van der Waals surface area (Å²) in [5, 5.41) is 2.51. The van der Waals surface area contributed by atoms with Gasteiger partial charge in [-0.15, -0.1) is 0 Å². The fourth-order valence-corrected chi connectivity index (χ4v) is 4.78. The molecule has 11 heteroatoms. The van der Waals surface area contributed by atoms with E-state index in [0.29, 0.717) is 12.8 Å². The number of fused-ring (bicyclic) bond motifs is 1. The van der Waals surface area contributed by atoms with Crippen LogP contribution in [0.5, 0.6) is 0 Å². The van der Waals surface area contributed by atoms with Crippen molar-refractivity contribution in [1.82, 2.24) is 9.21 Å². The fraction of sp³-hybridized carbons (Fsp3) is 0.455. The molecule has 1 aliphatic carbocycles. The maximum atomic E-state index is 12.6. The number of sulfonamides is 1. The maximum absolute atomic E-state index is 12.6. The Balaban J connectivity index is 1.64. The topological polar surface area (TPSA) is 130 Å². The number of nitrogens with one attached hydrogen (secondary N) is 1. The minimum absolute atomic E-state index is 0.00872. The van der Waals surface area contributed by atoms with Crippen LogP contribution >= 0.6 is 0 Å². The lowest BCUT2D eigenvalue weighted by molar-refractivity contribution is -0.163. The van der Waals surface area contributed by atoms with Crippen LogP contribution in [-0.2, 0) is 33.9 Å². The van der Waals surface area contributed by atoms with E-state index in [1.165, 1.54) is 52.2 Å². The SMILES string of the molecule is C[C@H](OC(=O)[C@@H](C)N1C(=O)[C@H]2CC=CC[C@H]2C1=O)C(=O)Nc1cccc(S(=O)(=O)N(C)C)c1. The first kappa shape index (κ1) is 24.6. The highest BCUT2D eigenvalue weighted by molar-refractivity contribution is 7.89. The number of hydrogen-bond acceptors (Lipinski definition) is 7. The van der Waals surface area contributed by atoms with E-state index < -0.39 is 57.7 Å². The van der Waals surface area contributed by atoms with E-state index in [1.54, 1.807) is 0 Å². The summed E-state index contributed by atoms with van der Waals surface area (Å²) < 4.78 is 30.8. The van der Waals surface area contributed by atoms with Crippen molar-refractivity contribution in [3.05, 3.63) is 36.4 Å². The lowest BCUT2D eigenvalue weighted by Gasteiger charge is -2.23. The van der Waals surface area contributed by atoms with Gasteiger partial charge in [0.1, 0.15) is 6.04 Å². The second-order valence-corrected chi connectivity index (χ2v) is 10.4. The molecule has 0 saturated carbocycles. The predicted octanol–water partition coefficient (Wildman–Crippen LogP) is 1.15. The molecule has 178 valence electrons. The molecule has 33 heavy (non-hydrogen) atoms. The van der Waals surface area contributed by atoms with Gasteiger partial charge < -0.3 is 10.1 Å². The molecule has 3 rings (SSSR count). The molecule has 1 saturated heterocycles. The van der Waals surface area contributed by atoms with Gasteiger partial charge in [0.2, 0.25) is 21.8 Å².